The van der Waals surface area contributed by atoms with E-state index in [9.17, 15) is 9.90 Å². The molecule has 0 radical (unpaired) electrons. The number of fused-ring (bicyclic) bond motifs is 1. The molecule has 84 valence electrons. The van der Waals surface area contributed by atoms with Gasteiger partial charge in [0.15, 0.2) is 0 Å². The number of hydrogen-bond donors (Lipinski definition) is 1. The Morgan fingerprint density at radius 2 is 2.13 bits per heavy atom. The van der Waals surface area contributed by atoms with E-state index in [0.29, 0.717) is 24.9 Å². The lowest BCUT2D eigenvalue weighted by Gasteiger charge is -2.47. The Morgan fingerprint density at radius 1 is 1.40 bits per heavy atom. The van der Waals surface area contributed by atoms with Crippen molar-refractivity contribution in [3.63, 3.8) is 0 Å². The number of aliphatic hydroxyl groups is 1. The van der Waals surface area contributed by atoms with Crippen LogP contribution in [0.4, 0.5) is 0 Å². The summed E-state index contributed by atoms with van der Waals surface area (Å²) in [6.07, 6.45) is 2.35. The Labute approximate surface area is 89.8 Å². The largest absolute Gasteiger partial charge is 0.465 e. The van der Waals surface area contributed by atoms with Crippen molar-refractivity contribution in [2.24, 2.45) is 22.7 Å². The molecule has 3 nitrogen and oxygen atoms in total. The van der Waals surface area contributed by atoms with Crippen LogP contribution < -0.4 is 0 Å². The Balaban J connectivity index is 1.97. The van der Waals surface area contributed by atoms with Crippen molar-refractivity contribution >= 4 is 5.97 Å². The molecular weight excluding hydrogens is 192 g/mol. The van der Waals surface area contributed by atoms with Crippen LogP contribution >= 0.6 is 0 Å². The molecule has 3 fully saturated rings. The van der Waals surface area contributed by atoms with Gasteiger partial charge in [0.1, 0.15) is 0 Å². The average Bonchev–Trinajstić information content (AvgIpc) is 2.62. The minimum atomic E-state index is -0.304. The minimum absolute atomic E-state index is 0.000246. The Kier molecular flexibility index (Phi) is 1.65. The molecule has 2 aliphatic carbocycles. The monoisotopic (exact) mass is 210 g/mol. The average molecular weight is 210 g/mol. The van der Waals surface area contributed by atoms with Gasteiger partial charge in [-0.2, -0.15) is 0 Å². The third kappa shape index (κ3) is 0.975. The number of carbonyl (C=O) groups is 1. The first kappa shape index (κ1) is 9.64. The van der Waals surface area contributed by atoms with Gasteiger partial charge in [0, 0.05) is 11.8 Å². The second-order valence-electron chi connectivity index (χ2n) is 6.16. The summed E-state index contributed by atoms with van der Waals surface area (Å²) in [5.41, 5.74) is -0.109. The minimum Gasteiger partial charge on any atom is -0.465 e. The van der Waals surface area contributed by atoms with E-state index in [2.05, 4.69) is 13.8 Å². The smallest absolute Gasteiger partial charge is 0.306 e. The maximum atomic E-state index is 11.2. The third-order valence-corrected chi connectivity index (χ3v) is 5.22. The van der Waals surface area contributed by atoms with Crippen LogP contribution in [-0.2, 0) is 9.53 Å². The molecule has 0 aromatic heterocycles. The molecule has 15 heavy (non-hydrogen) atoms. The van der Waals surface area contributed by atoms with E-state index in [0.717, 1.165) is 12.8 Å². The number of aliphatic hydroxyl groups excluding tert-OH is 1. The van der Waals surface area contributed by atoms with Gasteiger partial charge in [-0.1, -0.05) is 13.8 Å². The van der Waals surface area contributed by atoms with Crippen LogP contribution in [0.2, 0.25) is 0 Å². The summed E-state index contributed by atoms with van der Waals surface area (Å²) in [4.78, 5) is 11.2. The molecular formula is C12H18O3. The number of hydrogen-bond acceptors (Lipinski definition) is 3. The first-order valence-corrected chi connectivity index (χ1v) is 5.80. The zero-order valence-corrected chi connectivity index (χ0v) is 9.32. The van der Waals surface area contributed by atoms with E-state index in [4.69, 9.17) is 4.74 Å². The quantitative estimate of drug-likeness (QED) is 0.614. The first-order chi connectivity index (χ1) is 6.97. The van der Waals surface area contributed by atoms with Crippen LogP contribution in [0.15, 0.2) is 0 Å². The van der Waals surface area contributed by atoms with Crippen LogP contribution in [0.25, 0.3) is 0 Å². The molecule has 1 N–H and O–H groups in total. The standard InChI is InChI=1S/C12H18O3/c1-11(2)8-3-7-4-9(13)15-6-12(7,5-8)10(11)14/h7-8,10,14H,3-6H2,1-2H3/t7-,8?,10-,12-/m1/s1. The van der Waals surface area contributed by atoms with Crippen molar-refractivity contribution in [3.05, 3.63) is 0 Å². The Bertz CT molecular complexity index is 323. The van der Waals surface area contributed by atoms with Crippen molar-refractivity contribution in [2.45, 2.75) is 39.2 Å². The van der Waals surface area contributed by atoms with Crippen LogP contribution in [0.3, 0.4) is 0 Å². The number of cyclic esters (lactones) is 1. The Morgan fingerprint density at radius 3 is 2.80 bits per heavy atom. The van der Waals surface area contributed by atoms with Gasteiger partial charge in [-0.25, -0.2) is 0 Å². The molecule has 0 aromatic carbocycles. The highest BCUT2D eigenvalue weighted by Gasteiger charge is 2.67. The predicted molar refractivity (Wildman–Crippen MR) is 54.0 cm³/mol. The van der Waals surface area contributed by atoms with Gasteiger partial charge >= 0.3 is 5.97 Å². The van der Waals surface area contributed by atoms with E-state index >= 15 is 0 Å². The fourth-order valence-electron chi connectivity index (χ4n) is 4.17. The van der Waals surface area contributed by atoms with Gasteiger partial charge < -0.3 is 9.84 Å². The first-order valence-electron chi connectivity index (χ1n) is 5.80. The summed E-state index contributed by atoms with van der Waals surface area (Å²) >= 11 is 0. The fraction of sp³-hybridized carbons (Fsp3) is 0.917. The molecule has 2 saturated carbocycles. The van der Waals surface area contributed by atoms with E-state index in [-0.39, 0.29) is 22.9 Å². The van der Waals surface area contributed by atoms with Crippen LogP contribution in [-0.4, -0.2) is 23.8 Å². The van der Waals surface area contributed by atoms with Gasteiger partial charge in [0.25, 0.3) is 0 Å². The molecule has 3 rings (SSSR count). The lowest BCUT2D eigenvalue weighted by atomic mass is 9.63. The maximum Gasteiger partial charge on any atom is 0.306 e. The zero-order chi connectivity index (χ0) is 10.8. The van der Waals surface area contributed by atoms with E-state index in [1.807, 2.05) is 0 Å². The van der Waals surface area contributed by atoms with Crippen molar-refractivity contribution in [1.82, 2.24) is 0 Å². The second kappa shape index (κ2) is 2.57. The maximum absolute atomic E-state index is 11.2. The fourth-order valence-corrected chi connectivity index (χ4v) is 4.17. The lowest BCUT2D eigenvalue weighted by Crippen LogP contribution is -2.52. The van der Waals surface area contributed by atoms with Crippen molar-refractivity contribution in [1.29, 1.82) is 0 Å². The predicted octanol–water partition coefficient (Wildman–Crippen LogP) is 1.35. The van der Waals surface area contributed by atoms with Gasteiger partial charge in [0.2, 0.25) is 0 Å². The van der Waals surface area contributed by atoms with Crippen LogP contribution in [0, 0.1) is 22.7 Å². The number of rotatable bonds is 0. The lowest BCUT2D eigenvalue weighted by molar-refractivity contribution is -0.174. The number of ether oxygens (including phenoxy) is 1. The molecule has 1 aliphatic heterocycles. The molecule has 1 unspecified atom stereocenters. The summed E-state index contributed by atoms with van der Waals surface area (Å²) in [5, 5.41) is 10.4. The second-order valence-corrected chi connectivity index (χ2v) is 6.16. The van der Waals surface area contributed by atoms with Gasteiger partial charge in [0.05, 0.1) is 12.7 Å². The van der Waals surface area contributed by atoms with Gasteiger partial charge in [-0.05, 0) is 30.1 Å². The van der Waals surface area contributed by atoms with E-state index in [1.54, 1.807) is 0 Å². The molecule has 1 spiro atoms. The molecule has 1 saturated heterocycles. The topological polar surface area (TPSA) is 46.5 Å². The summed E-state index contributed by atoms with van der Waals surface area (Å²) in [6, 6.07) is 0. The molecule has 3 heteroatoms. The summed E-state index contributed by atoms with van der Waals surface area (Å²) in [6.45, 7) is 4.73. The van der Waals surface area contributed by atoms with Crippen molar-refractivity contribution in [2.75, 3.05) is 6.61 Å². The third-order valence-electron chi connectivity index (χ3n) is 5.22. The summed E-state index contributed by atoms with van der Waals surface area (Å²) in [5.74, 6) is 0.849. The summed E-state index contributed by atoms with van der Waals surface area (Å²) < 4.78 is 5.18. The van der Waals surface area contributed by atoms with Gasteiger partial charge in [-0.3, -0.25) is 4.79 Å². The summed E-state index contributed by atoms with van der Waals surface area (Å²) in [7, 11) is 0. The normalized spacial score (nSPS) is 51.4. The molecule has 2 bridgehead atoms. The molecule has 3 aliphatic rings. The molecule has 0 amide bonds. The highest BCUT2D eigenvalue weighted by atomic mass is 16.5. The highest BCUT2D eigenvalue weighted by molar-refractivity contribution is 5.71. The van der Waals surface area contributed by atoms with Crippen molar-refractivity contribution < 1.29 is 14.6 Å². The highest BCUT2D eigenvalue weighted by Crippen LogP contribution is 2.66. The van der Waals surface area contributed by atoms with Gasteiger partial charge in [-0.15, -0.1) is 0 Å². The Hall–Kier alpha value is -0.570. The van der Waals surface area contributed by atoms with E-state index < -0.39 is 0 Å². The molecule has 0 aromatic rings. The van der Waals surface area contributed by atoms with Crippen LogP contribution in [0.1, 0.15) is 33.1 Å². The van der Waals surface area contributed by atoms with Crippen LogP contribution in [0.5, 0.6) is 0 Å². The number of esters is 1. The van der Waals surface area contributed by atoms with Crippen molar-refractivity contribution in [3.8, 4) is 0 Å². The SMILES string of the molecule is CC1(C)C2C[C@@H]3CC(=O)OC[C@@]3(C2)[C@@H]1O. The van der Waals surface area contributed by atoms with E-state index in [1.165, 1.54) is 0 Å². The zero-order valence-electron chi connectivity index (χ0n) is 9.32. The number of carbonyl (C=O) groups excluding carboxylic acids is 1. The molecule has 1 heterocycles. The molecule has 4 atom stereocenters.